The lowest BCUT2D eigenvalue weighted by molar-refractivity contribution is 0.523. The highest BCUT2D eigenvalue weighted by Crippen LogP contribution is 2.20. The van der Waals surface area contributed by atoms with Gasteiger partial charge in [0.05, 0.1) is 11.0 Å². The minimum absolute atomic E-state index is 0.412. The van der Waals surface area contributed by atoms with Crippen LogP contribution in [0.2, 0.25) is 19.6 Å². The lowest BCUT2D eigenvalue weighted by Gasteiger charge is -2.15. The van der Waals surface area contributed by atoms with Gasteiger partial charge in [0.1, 0.15) is 0 Å². The van der Waals surface area contributed by atoms with Gasteiger partial charge in [-0.2, -0.15) is 0 Å². The molecule has 0 unspecified atom stereocenters. The van der Waals surface area contributed by atoms with E-state index in [1.54, 1.807) is 0 Å². The Balaban J connectivity index is 2.99. The molecule has 0 spiro atoms. The van der Waals surface area contributed by atoms with Crippen molar-refractivity contribution in [3.63, 3.8) is 0 Å². The van der Waals surface area contributed by atoms with Crippen LogP contribution in [0, 0.1) is 0 Å². The van der Waals surface area contributed by atoms with Crippen molar-refractivity contribution in [3.05, 3.63) is 29.9 Å². The molecule has 2 rings (SSSR count). The third-order valence-electron chi connectivity index (χ3n) is 3.30. The van der Waals surface area contributed by atoms with E-state index in [4.69, 9.17) is 4.66 Å². The average Bonchev–Trinajstić information content (AvgIpc) is 2.59. The summed E-state index contributed by atoms with van der Waals surface area (Å²) in [5, 5.41) is 0. The van der Waals surface area contributed by atoms with Gasteiger partial charge < -0.3 is 9.13 Å². The summed E-state index contributed by atoms with van der Waals surface area (Å²) in [5.41, 5.74) is 3.71. The van der Waals surface area contributed by atoms with E-state index < -0.39 is 8.24 Å². The summed E-state index contributed by atoms with van der Waals surface area (Å²) in [6.07, 6.45) is 0. The topological polar surface area (TPSA) is 22.2 Å². The molecule has 0 aliphatic rings. The Morgan fingerprint density at radius 1 is 0.850 bits per heavy atom. The summed E-state index contributed by atoms with van der Waals surface area (Å²) in [7, 11) is -1.53. The van der Waals surface area contributed by atoms with E-state index in [0.29, 0.717) is 12.1 Å². The number of hydrogen-bond acceptors (Lipinski definition) is 1. The first-order chi connectivity index (χ1) is 9.22. The molecule has 0 radical (unpaired) electrons. The molecule has 1 aromatic carbocycles. The molecule has 0 amide bonds. The third-order valence-corrected chi connectivity index (χ3v) is 4.17. The molecule has 20 heavy (non-hydrogen) atoms. The van der Waals surface area contributed by atoms with Gasteiger partial charge in [-0.3, -0.25) is 4.66 Å². The Labute approximate surface area is 123 Å². The maximum atomic E-state index is 5.14. The molecule has 0 fully saturated rings. The summed E-state index contributed by atoms with van der Waals surface area (Å²) in [6.45, 7) is 15.8. The molecule has 0 aliphatic heterocycles. The maximum Gasteiger partial charge on any atom is 0.197 e. The van der Waals surface area contributed by atoms with Crippen LogP contribution < -0.4 is 5.62 Å². The van der Waals surface area contributed by atoms with Gasteiger partial charge in [-0.1, -0.05) is 12.1 Å². The van der Waals surface area contributed by atoms with Crippen LogP contribution in [-0.4, -0.2) is 17.4 Å². The molecule has 0 N–H and O–H groups in total. The molecule has 3 nitrogen and oxygen atoms in total. The number of imidazole rings is 1. The van der Waals surface area contributed by atoms with Gasteiger partial charge in [0.2, 0.25) is 0 Å². The molecule has 2 aromatic rings. The van der Waals surface area contributed by atoms with Gasteiger partial charge in [0.15, 0.2) is 13.9 Å². The van der Waals surface area contributed by atoms with E-state index in [1.807, 2.05) is 0 Å². The van der Waals surface area contributed by atoms with E-state index in [1.165, 1.54) is 11.0 Å². The van der Waals surface area contributed by atoms with Gasteiger partial charge in [-0.15, -0.1) is 0 Å². The van der Waals surface area contributed by atoms with Crippen molar-refractivity contribution in [3.8, 4) is 0 Å². The maximum absolute atomic E-state index is 5.14. The number of aromatic nitrogens is 2. The number of benzene rings is 1. The Hall–Kier alpha value is -1.29. The molecular weight excluding hydrogens is 262 g/mol. The van der Waals surface area contributed by atoms with Crippen LogP contribution in [0.1, 0.15) is 39.8 Å². The molecule has 0 atom stereocenters. The first-order valence-electron chi connectivity index (χ1n) is 7.49. The van der Waals surface area contributed by atoms with Crippen LogP contribution in [0.15, 0.2) is 28.9 Å². The largest absolute Gasteiger partial charge is 0.308 e. The molecule has 0 bridgehead atoms. The van der Waals surface area contributed by atoms with Crippen molar-refractivity contribution in [2.45, 2.75) is 59.4 Å². The highest BCUT2D eigenvalue weighted by molar-refractivity contribution is 6.74. The Bertz CT molecular complexity index is 621. The second-order valence-corrected chi connectivity index (χ2v) is 11.6. The van der Waals surface area contributed by atoms with Gasteiger partial charge in [-0.25, -0.2) is 0 Å². The molecule has 1 heterocycles. The smallest absolute Gasteiger partial charge is 0.197 e. The predicted molar refractivity (Wildman–Crippen MR) is 89.6 cm³/mol. The van der Waals surface area contributed by atoms with E-state index in [0.717, 1.165) is 5.62 Å². The quantitative estimate of drug-likeness (QED) is 0.750. The third kappa shape index (κ3) is 2.75. The van der Waals surface area contributed by atoms with Crippen molar-refractivity contribution < 1.29 is 0 Å². The lowest BCUT2D eigenvalue weighted by Crippen LogP contribution is -2.34. The molecule has 0 aliphatic carbocycles. The van der Waals surface area contributed by atoms with Crippen molar-refractivity contribution >= 4 is 19.3 Å². The van der Waals surface area contributed by atoms with Crippen molar-refractivity contribution in [1.29, 1.82) is 0 Å². The van der Waals surface area contributed by atoms with Crippen LogP contribution in [0.25, 0.3) is 11.0 Å². The summed E-state index contributed by atoms with van der Waals surface area (Å²) in [6, 6.07) is 9.47. The van der Waals surface area contributed by atoms with E-state index >= 15 is 0 Å². The van der Waals surface area contributed by atoms with Gasteiger partial charge in [-0.05, 0) is 59.5 Å². The molecule has 110 valence electrons. The zero-order valence-electron chi connectivity index (χ0n) is 13.8. The second kappa shape index (κ2) is 5.24. The fourth-order valence-electron chi connectivity index (χ4n) is 2.63. The first-order valence-corrected chi connectivity index (χ1v) is 10.9. The van der Waals surface area contributed by atoms with Crippen LogP contribution in [0.5, 0.6) is 0 Å². The zero-order valence-corrected chi connectivity index (χ0v) is 14.8. The summed E-state index contributed by atoms with van der Waals surface area (Å²) < 4.78 is 9.90. The van der Waals surface area contributed by atoms with Crippen LogP contribution in [-0.2, 0) is 0 Å². The minimum Gasteiger partial charge on any atom is -0.308 e. The van der Waals surface area contributed by atoms with Crippen LogP contribution in [0.3, 0.4) is 0 Å². The zero-order chi connectivity index (χ0) is 15.1. The summed E-state index contributed by atoms with van der Waals surface area (Å²) >= 11 is 0. The second-order valence-electron chi connectivity index (χ2n) is 7.00. The van der Waals surface area contributed by atoms with E-state index in [9.17, 15) is 0 Å². The Morgan fingerprint density at radius 2 is 1.25 bits per heavy atom. The molecular formula is C16H27N3Si. The Morgan fingerprint density at radius 3 is 1.55 bits per heavy atom. The van der Waals surface area contributed by atoms with Gasteiger partial charge in [0, 0.05) is 12.1 Å². The number of para-hydroxylation sites is 2. The molecule has 0 saturated heterocycles. The summed E-state index contributed by atoms with van der Waals surface area (Å²) in [5.74, 6) is 0. The average molecular weight is 289 g/mol. The fraction of sp³-hybridized carbons (Fsp3) is 0.562. The molecule has 0 saturated carbocycles. The number of fused-ring (bicyclic) bond motifs is 1. The number of rotatable bonds is 3. The summed E-state index contributed by atoms with van der Waals surface area (Å²) in [4.78, 5) is 0. The monoisotopic (exact) mass is 289 g/mol. The van der Waals surface area contributed by atoms with Crippen LogP contribution >= 0.6 is 0 Å². The lowest BCUT2D eigenvalue weighted by atomic mass is 10.3. The molecule has 4 heteroatoms. The SMILES string of the molecule is CC(C)n1c(=N[Si](C)(C)C)n(C(C)C)c2ccccc21. The number of nitrogens with zero attached hydrogens (tertiary/aromatic N) is 3. The normalized spacial score (nSPS) is 12.7. The highest BCUT2D eigenvalue weighted by Gasteiger charge is 2.18. The van der Waals surface area contributed by atoms with E-state index in [-0.39, 0.29) is 0 Å². The van der Waals surface area contributed by atoms with Crippen LogP contribution in [0.4, 0.5) is 0 Å². The van der Waals surface area contributed by atoms with Crippen molar-refractivity contribution in [2.75, 3.05) is 0 Å². The van der Waals surface area contributed by atoms with Crippen molar-refractivity contribution in [2.24, 2.45) is 4.66 Å². The first kappa shape index (κ1) is 15.1. The fourth-order valence-corrected chi connectivity index (χ4v) is 3.44. The molecule has 1 aromatic heterocycles. The highest BCUT2D eigenvalue weighted by atomic mass is 28.3. The minimum atomic E-state index is -1.53. The van der Waals surface area contributed by atoms with Gasteiger partial charge in [0.25, 0.3) is 0 Å². The van der Waals surface area contributed by atoms with E-state index in [2.05, 4.69) is 80.7 Å². The Kier molecular flexibility index (Phi) is 3.96. The number of hydrogen-bond donors (Lipinski definition) is 0. The standard InChI is InChI=1S/C16H27N3Si/c1-12(2)18-14-10-8-9-11-15(14)19(13(3)4)16(18)17-20(5,6)7/h8-13H,1-7H3. The van der Waals surface area contributed by atoms with Gasteiger partial charge >= 0.3 is 0 Å². The van der Waals surface area contributed by atoms with Crippen molar-refractivity contribution in [1.82, 2.24) is 9.13 Å². The predicted octanol–water partition coefficient (Wildman–Crippen LogP) is 4.34.